The second-order valence-corrected chi connectivity index (χ2v) is 6.62. The number of benzene rings is 1. The maximum Gasteiger partial charge on any atom is 0.227 e. The van der Waals surface area contributed by atoms with Crippen molar-refractivity contribution in [1.29, 1.82) is 0 Å². The van der Waals surface area contributed by atoms with Gasteiger partial charge in [0.25, 0.3) is 0 Å². The van der Waals surface area contributed by atoms with E-state index in [-0.39, 0.29) is 0 Å². The molecule has 1 N–H and O–H groups in total. The number of nitrogens with one attached hydrogen (secondary N) is 1. The van der Waals surface area contributed by atoms with E-state index in [1.165, 1.54) is 12.0 Å². The summed E-state index contributed by atoms with van der Waals surface area (Å²) in [5.41, 5.74) is 1.26. The zero-order valence-corrected chi connectivity index (χ0v) is 15.6. The van der Waals surface area contributed by atoms with Gasteiger partial charge in [0.15, 0.2) is 0 Å². The zero-order chi connectivity index (χ0) is 18.0. The zero-order valence-electron chi connectivity index (χ0n) is 15.6. The summed E-state index contributed by atoms with van der Waals surface area (Å²) in [6.45, 7) is 8.17. The van der Waals surface area contributed by atoms with Crippen molar-refractivity contribution in [2.24, 2.45) is 0 Å². The fourth-order valence-electron chi connectivity index (χ4n) is 3.02. The Hall–Kier alpha value is -2.40. The number of hydrogen-bond acceptors (Lipinski definition) is 5. The average molecular weight is 351 g/mol. The molecule has 138 valence electrons. The number of nitrogens with zero attached hydrogens (tertiary/aromatic N) is 4. The minimum Gasteiger partial charge on any atom is -0.370 e. The summed E-state index contributed by atoms with van der Waals surface area (Å²) in [5.74, 6) is 1.77. The average Bonchev–Trinajstić information content (AvgIpc) is 2.70. The first-order chi connectivity index (χ1) is 12.8. The van der Waals surface area contributed by atoms with E-state index in [0.29, 0.717) is 0 Å². The van der Waals surface area contributed by atoms with E-state index < -0.39 is 0 Å². The molecule has 1 aliphatic rings. The van der Waals surface area contributed by atoms with Gasteiger partial charge >= 0.3 is 0 Å². The van der Waals surface area contributed by atoms with Gasteiger partial charge in [0.05, 0.1) is 0 Å². The van der Waals surface area contributed by atoms with Crippen molar-refractivity contribution in [2.45, 2.75) is 19.8 Å². The molecule has 5 nitrogen and oxygen atoms in total. The summed E-state index contributed by atoms with van der Waals surface area (Å²) in [4.78, 5) is 13.9. The molecule has 1 aromatic heterocycles. The van der Waals surface area contributed by atoms with Crippen LogP contribution in [0.3, 0.4) is 0 Å². The van der Waals surface area contributed by atoms with Crippen LogP contribution in [0.1, 0.15) is 25.3 Å². The molecule has 5 heteroatoms. The molecule has 3 rings (SSSR count). The summed E-state index contributed by atoms with van der Waals surface area (Å²) in [5, 5.41) is 3.38. The second kappa shape index (κ2) is 9.92. The summed E-state index contributed by atoms with van der Waals surface area (Å²) in [7, 11) is 0. The molecule has 2 aromatic rings. The molecule has 0 bridgehead atoms. The molecule has 1 aromatic carbocycles. The molecule has 0 aliphatic carbocycles. The van der Waals surface area contributed by atoms with Gasteiger partial charge in [0.2, 0.25) is 5.95 Å². The van der Waals surface area contributed by atoms with E-state index >= 15 is 0 Å². The highest BCUT2D eigenvalue weighted by atomic mass is 15.3. The van der Waals surface area contributed by atoms with Crippen LogP contribution in [0.4, 0.5) is 11.8 Å². The highest BCUT2D eigenvalue weighted by Crippen LogP contribution is 2.14. The maximum atomic E-state index is 4.67. The van der Waals surface area contributed by atoms with Gasteiger partial charge in [-0.25, -0.2) is 4.98 Å². The molecule has 2 heterocycles. The van der Waals surface area contributed by atoms with Gasteiger partial charge in [-0.15, -0.1) is 0 Å². The lowest BCUT2D eigenvalue weighted by atomic mass is 10.2. The van der Waals surface area contributed by atoms with E-state index in [0.717, 1.165) is 57.5 Å². The first-order valence-electron chi connectivity index (χ1n) is 9.61. The lowest BCUT2D eigenvalue weighted by molar-refractivity contribution is 0.283. The molecule has 0 amide bonds. The van der Waals surface area contributed by atoms with Gasteiger partial charge in [-0.1, -0.05) is 55.8 Å². The first kappa shape index (κ1) is 18.4. The second-order valence-electron chi connectivity index (χ2n) is 6.62. The number of anilines is 2. The highest BCUT2D eigenvalue weighted by Gasteiger charge is 2.18. The van der Waals surface area contributed by atoms with Crippen molar-refractivity contribution in [2.75, 3.05) is 49.5 Å². The molecule has 1 saturated heterocycles. The topological polar surface area (TPSA) is 44.3 Å². The minimum atomic E-state index is 0.839. The van der Waals surface area contributed by atoms with Gasteiger partial charge in [0.1, 0.15) is 5.82 Å². The molecular formula is C21H29N5. The van der Waals surface area contributed by atoms with E-state index in [2.05, 4.69) is 68.4 Å². The first-order valence-corrected chi connectivity index (χ1v) is 9.61. The number of piperazine rings is 1. The highest BCUT2D eigenvalue weighted by molar-refractivity contribution is 5.48. The number of unbranched alkanes of at least 4 members (excludes halogenated alkanes) is 1. The van der Waals surface area contributed by atoms with Gasteiger partial charge in [-0.2, -0.15) is 4.98 Å². The van der Waals surface area contributed by atoms with Crippen LogP contribution in [0.25, 0.3) is 6.08 Å². The summed E-state index contributed by atoms with van der Waals surface area (Å²) in [6, 6.07) is 12.4. The molecule has 0 unspecified atom stereocenters. The molecule has 1 fully saturated rings. The van der Waals surface area contributed by atoms with Crippen LogP contribution in [0, 0.1) is 0 Å². The van der Waals surface area contributed by atoms with Crippen molar-refractivity contribution < 1.29 is 0 Å². The van der Waals surface area contributed by atoms with Crippen LogP contribution in [0.15, 0.2) is 48.7 Å². The maximum absolute atomic E-state index is 4.67. The molecule has 0 saturated carbocycles. The third-order valence-corrected chi connectivity index (χ3v) is 4.61. The van der Waals surface area contributed by atoms with Crippen LogP contribution in [0.2, 0.25) is 0 Å². The molecular weight excluding hydrogens is 322 g/mol. The number of aromatic nitrogens is 2. The Morgan fingerprint density at radius 3 is 2.65 bits per heavy atom. The third kappa shape index (κ3) is 5.56. The van der Waals surface area contributed by atoms with Crippen molar-refractivity contribution in [3.8, 4) is 0 Å². The smallest absolute Gasteiger partial charge is 0.227 e. The van der Waals surface area contributed by atoms with Crippen molar-refractivity contribution in [3.05, 3.63) is 54.2 Å². The fraction of sp³-hybridized carbons (Fsp3) is 0.429. The molecule has 0 atom stereocenters. The summed E-state index contributed by atoms with van der Waals surface area (Å²) < 4.78 is 0. The monoisotopic (exact) mass is 351 g/mol. The fourth-order valence-corrected chi connectivity index (χ4v) is 3.02. The van der Waals surface area contributed by atoms with Crippen LogP contribution in [-0.2, 0) is 0 Å². The van der Waals surface area contributed by atoms with Crippen molar-refractivity contribution in [1.82, 2.24) is 14.9 Å². The summed E-state index contributed by atoms with van der Waals surface area (Å²) in [6.07, 6.45) is 8.65. The Kier molecular flexibility index (Phi) is 7.02. The van der Waals surface area contributed by atoms with E-state index in [4.69, 9.17) is 0 Å². The lowest BCUT2D eigenvalue weighted by Gasteiger charge is -2.34. The van der Waals surface area contributed by atoms with E-state index in [1.807, 2.05) is 18.3 Å². The predicted molar refractivity (Wildman–Crippen MR) is 110 cm³/mol. The van der Waals surface area contributed by atoms with Gasteiger partial charge in [-0.3, -0.25) is 4.90 Å². The lowest BCUT2D eigenvalue weighted by Crippen LogP contribution is -2.47. The molecule has 0 spiro atoms. The Bertz CT molecular complexity index is 678. The Morgan fingerprint density at radius 1 is 1.08 bits per heavy atom. The Balaban J connectivity index is 1.46. The van der Waals surface area contributed by atoms with Crippen LogP contribution in [-0.4, -0.2) is 54.1 Å². The van der Waals surface area contributed by atoms with Crippen LogP contribution in [0.5, 0.6) is 0 Å². The van der Waals surface area contributed by atoms with Crippen LogP contribution < -0.4 is 10.2 Å². The molecule has 1 aliphatic heterocycles. The van der Waals surface area contributed by atoms with E-state index in [1.54, 1.807) is 0 Å². The quantitative estimate of drug-likeness (QED) is 0.737. The SMILES string of the molecule is CCCCNc1ccnc(N2CCN(C/C=C/c3ccccc3)CC2)n1. The normalized spacial score (nSPS) is 15.5. The van der Waals surface area contributed by atoms with Gasteiger partial charge in [-0.05, 0) is 18.1 Å². The number of hydrogen-bond donors (Lipinski definition) is 1. The standard InChI is InChI=1S/C21H29N5/c1-2-3-12-22-20-11-13-23-21(24-20)26-17-15-25(16-18-26)14-7-10-19-8-5-4-6-9-19/h4-11,13H,2-3,12,14-18H2,1H3,(H,22,23,24)/b10-7+. The predicted octanol–water partition coefficient (Wildman–Crippen LogP) is 3.52. The summed E-state index contributed by atoms with van der Waals surface area (Å²) >= 11 is 0. The van der Waals surface area contributed by atoms with Crippen molar-refractivity contribution >= 4 is 17.8 Å². The third-order valence-electron chi connectivity index (χ3n) is 4.61. The molecule has 26 heavy (non-hydrogen) atoms. The Labute approximate surface area is 156 Å². The van der Waals surface area contributed by atoms with Gasteiger partial charge < -0.3 is 10.2 Å². The van der Waals surface area contributed by atoms with Crippen molar-refractivity contribution in [3.63, 3.8) is 0 Å². The van der Waals surface area contributed by atoms with Gasteiger partial charge in [0, 0.05) is 45.5 Å². The Morgan fingerprint density at radius 2 is 1.88 bits per heavy atom. The number of rotatable bonds is 8. The molecule has 0 radical (unpaired) electrons. The van der Waals surface area contributed by atoms with Crippen LogP contribution >= 0.6 is 0 Å². The largest absolute Gasteiger partial charge is 0.370 e. The minimum absolute atomic E-state index is 0.839. The van der Waals surface area contributed by atoms with E-state index in [9.17, 15) is 0 Å².